The number of hydrogen-bond donors (Lipinski definition) is 1. The summed E-state index contributed by atoms with van der Waals surface area (Å²) in [6.45, 7) is 1.23. The van der Waals surface area contributed by atoms with Crippen LogP contribution in [0.1, 0.15) is 12.5 Å². The number of ketones is 1. The summed E-state index contributed by atoms with van der Waals surface area (Å²) < 4.78 is 10.4. The van der Waals surface area contributed by atoms with Gasteiger partial charge in [0.1, 0.15) is 11.3 Å². The first-order valence-electron chi connectivity index (χ1n) is 8.87. The van der Waals surface area contributed by atoms with Gasteiger partial charge in [-0.05, 0) is 29.8 Å². The molecule has 1 heterocycles. The molecule has 1 atom stereocenters. The van der Waals surface area contributed by atoms with Crippen LogP contribution in [0.25, 0.3) is 0 Å². The average molecular weight is 417 g/mol. The van der Waals surface area contributed by atoms with Gasteiger partial charge < -0.3 is 14.6 Å². The zero-order valence-corrected chi connectivity index (χ0v) is 17.0. The van der Waals surface area contributed by atoms with Crippen LogP contribution < -0.4 is 9.75 Å². The Morgan fingerprint density at radius 1 is 1.14 bits per heavy atom. The summed E-state index contributed by atoms with van der Waals surface area (Å²) in [5.74, 6) is -0.329. The zero-order valence-electron chi connectivity index (χ0n) is 16.3. The number of para-hydroxylation sites is 1. The van der Waals surface area contributed by atoms with E-state index in [-0.39, 0.29) is 23.7 Å². The molecule has 0 fully saturated rings. The highest BCUT2D eigenvalue weighted by Gasteiger charge is 2.42. The van der Waals surface area contributed by atoms with E-state index < -0.39 is 12.2 Å². The summed E-state index contributed by atoms with van der Waals surface area (Å²) in [7, 11) is 3.14. The van der Waals surface area contributed by atoms with Gasteiger partial charge in [-0.3, -0.25) is 14.6 Å². The van der Waals surface area contributed by atoms with Crippen LogP contribution in [0.3, 0.4) is 0 Å². The molecule has 152 valence electrons. The minimum atomic E-state index is -1.36. The molecule has 0 amide bonds. The molecule has 3 rings (SSSR count). The lowest BCUT2D eigenvalue weighted by molar-refractivity contribution is -0.139. The molecular weight excluding hydrogens is 396 g/mol. The topological polar surface area (TPSA) is 79.3 Å². The van der Waals surface area contributed by atoms with Gasteiger partial charge in [0.05, 0.1) is 17.8 Å². The van der Waals surface area contributed by atoms with Crippen LogP contribution in [0.15, 0.2) is 60.0 Å². The average Bonchev–Trinajstić information content (AvgIpc) is 2.92. The number of anilines is 1. The number of Topliss-reactive ketones (excluding diaryl/α,β-unsaturated/α-hetero) is 1. The summed E-state index contributed by atoms with van der Waals surface area (Å²) in [5.41, 5.74) is 1.19. The zero-order chi connectivity index (χ0) is 21.1. The van der Waals surface area contributed by atoms with Gasteiger partial charge in [0.15, 0.2) is 12.0 Å². The number of esters is 1. The van der Waals surface area contributed by atoms with Crippen LogP contribution in [0.4, 0.5) is 5.69 Å². The lowest BCUT2D eigenvalue weighted by Gasteiger charge is -2.32. The third-order valence-electron chi connectivity index (χ3n) is 4.50. The Kier molecular flexibility index (Phi) is 6.10. The van der Waals surface area contributed by atoms with Crippen LogP contribution in [0, 0.1) is 0 Å². The maximum Gasteiger partial charge on any atom is 0.309 e. The number of carbonyl (C=O) groups excluding carboxylic acids is 2. The number of nitrogens with zero attached hydrogens (tertiary/aromatic N) is 2. The molecule has 29 heavy (non-hydrogen) atoms. The molecule has 0 radical (unpaired) electrons. The van der Waals surface area contributed by atoms with E-state index in [0.29, 0.717) is 16.5 Å². The van der Waals surface area contributed by atoms with Crippen molar-refractivity contribution in [2.24, 2.45) is 0 Å². The van der Waals surface area contributed by atoms with Crippen LogP contribution in [-0.4, -0.2) is 42.3 Å². The summed E-state index contributed by atoms with van der Waals surface area (Å²) in [6.07, 6.45) is -1.34. The maximum atomic E-state index is 13.1. The Hall–Kier alpha value is -3.03. The predicted molar refractivity (Wildman–Crippen MR) is 108 cm³/mol. The summed E-state index contributed by atoms with van der Waals surface area (Å²) in [4.78, 5) is 24.7. The largest absolute Gasteiger partial charge is 0.497 e. The predicted octanol–water partition coefficient (Wildman–Crippen LogP) is 2.92. The van der Waals surface area contributed by atoms with Gasteiger partial charge in [0, 0.05) is 20.4 Å². The van der Waals surface area contributed by atoms with Crippen molar-refractivity contribution in [3.63, 3.8) is 0 Å². The van der Waals surface area contributed by atoms with Crippen LogP contribution >= 0.6 is 11.6 Å². The lowest BCUT2D eigenvalue weighted by atomic mass is 10.0. The first-order chi connectivity index (χ1) is 13.8. The van der Waals surface area contributed by atoms with Crippen molar-refractivity contribution >= 4 is 29.0 Å². The fraction of sp³-hybridized carbons (Fsp3) is 0.238. The Bertz CT molecular complexity index is 958. The SMILES string of the molecule is COc1ccc(CC(=O)C2=C(OC(C)=O)N(C)N(c3ccccc3Cl)C2O)cc1. The Morgan fingerprint density at radius 2 is 1.79 bits per heavy atom. The van der Waals surface area contributed by atoms with Gasteiger partial charge in [0.25, 0.3) is 0 Å². The fourth-order valence-electron chi connectivity index (χ4n) is 3.14. The number of rotatable bonds is 6. The molecule has 0 spiro atoms. The minimum absolute atomic E-state index is 0.0153. The monoisotopic (exact) mass is 416 g/mol. The van der Waals surface area contributed by atoms with Crippen LogP contribution in [0.2, 0.25) is 5.02 Å². The Morgan fingerprint density at radius 3 is 2.38 bits per heavy atom. The molecule has 2 aromatic rings. The van der Waals surface area contributed by atoms with Crippen molar-refractivity contribution < 1.29 is 24.2 Å². The van der Waals surface area contributed by atoms with Crippen molar-refractivity contribution in [1.82, 2.24) is 5.01 Å². The fourth-order valence-corrected chi connectivity index (χ4v) is 3.37. The number of ether oxygens (including phenoxy) is 2. The van der Waals surface area contributed by atoms with E-state index in [0.717, 1.165) is 5.56 Å². The molecule has 0 bridgehead atoms. The smallest absolute Gasteiger partial charge is 0.309 e. The molecule has 8 heteroatoms. The number of methoxy groups -OCH3 is 1. The number of benzene rings is 2. The molecule has 0 saturated carbocycles. The number of halogens is 1. The molecule has 1 unspecified atom stereocenters. The number of hydrazine groups is 1. The summed E-state index contributed by atoms with van der Waals surface area (Å²) in [5, 5.41) is 14.1. The highest BCUT2D eigenvalue weighted by Crippen LogP contribution is 2.37. The van der Waals surface area contributed by atoms with Gasteiger partial charge in [-0.2, -0.15) is 0 Å². The standard InChI is InChI=1S/C21H21ClN2O5/c1-13(25)29-21-19(18(26)12-14-8-10-15(28-3)11-9-14)20(27)24(23(21)2)17-7-5-4-6-16(17)22/h4-11,20,27H,12H2,1-3H3. The van der Waals surface area contributed by atoms with Crippen LogP contribution in [0.5, 0.6) is 5.75 Å². The second-order valence-corrected chi connectivity index (χ2v) is 6.86. The van der Waals surface area contributed by atoms with E-state index in [9.17, 15) is 14.7 Å². The number of carbonyl (C=O) groups is 2. The van der Waals surface area contributed by atoms with Crippen molar-refractivity contribution in [2.75, 3.05) is 19.2 Å². The second-order valence-electron chi connectivity index (χ2n) is 6.45. The molecule has 1 aliphatic heterocycles. The first kappa shape index (κ1) is 20.7. The van der Waals surface area contributed by atoms with Gasteiger partial charge in [-0.15, -0.1) is 0 Å². The molecule has 2 aromatic carbocycles. The maximum absolute atomic E-state index is 13.1. The van der Waals surface area contributed by atoms with E-state index in [1.807, 2.05) is 0 Å². The number of aliphatic hydroxyl groups excluding tert-OH is 1. The molecule has 7 nitrogen and oxygen atoms in total. The third kappa shape index (κ3) is 4.21. The minimum Gasteiger partial charge on any atom is -0.497 e. The molecular formula is C21H21ClN2O5. The number of aliphatic hydroxyl groups is 1. The van der Waals surface area contributed by atoms with Gasteiger partial charge in [-0.1, -0.05) is 35.9 Å². The molecule has 0 aromatic heterocycles. The van der Waals surface area contributed by atoms with Crippen molar-refractivity contribution in [1.29, 1.82) is 0 Å². The summed E-state index contributed by atoms with van der Waals surface area (Å²) >= 11 is 6.27. The van der Waals surface area contributed by atoms with Crippen molar-refractivity contribution in [3.8, 4) is 5.75 Å². The Balaban J connectivity index is 1.95. The van der Waals surface area contributed by atoms with E-state index >= 15 is 0 Å². The van der Waals surface area contributed by atoms with E-state index in [4.69, 9.17) is 21.1 Å². The van der Waals surface area contributed by atoms with Crippen LogP contribution in [-0.2, 0) is 20.7 Å². The lowest BCUT2D eigenvalue weighted by Crippen LogP contribution is -2.42. The van der Waals surface area contributed by atoms with Gasteiger partial charge in [0.2, 0.25) is 5.88 Å². The molecule has 1 aliphatic rings. The third-order valence-corrected chi connectivity index (χ3v) is 4.82. The van der Waals surface area contributed by atoms with Gasteiger partial charge >= 0.3 is 5.97 Å². The van der Waals surface area contributed by atoms with E-state index in [2.05, 4.69) is 0 Å². The number of hydrogen-bond acceptors (Lipinski definition) is 7. The van der Waals surface area contributed by atoms with Crippen molar-refractivity contribution in [2.45, 2.75) is 19.6 Å². The summed E-state index contributed by atoms with van der Waals surface area (Å²) in [6, 6.07) is 13.9. The van der Waals surface area contributed by atoms with E-state index in [1.54, 1.807) is 62.7 Å². The van der Waals surface area contributed by atoms with Crippen molar-refractivity contribution in [3.05, 3.63) is 70.6 Å². The normalized spacial score (nSPS) is 16.2. The highest BCUT2D eigenvalue weighted by molar-refractivity contribution is 6.33. The Labute approximate surface area is 173 Å². The first-order valence-corrected chi connectivity index (χ1v) is 9.25. The van der Waals surface area contributed by atoms with E-state index in [1.165, 1.54) is 16.9 Å². The molecule has 0 aliphatic carbocycles. The molecule has 0 saturated heterocycles. The van der Waals surface area contributed by atoms with Gasteiger partial charge in [-0.25, -0.2) is 5.01 Å². The quantitative estimate of drug-likeness (QED) is 0.725. The highest BCUT2D eigenvalue weighted by atomic mass is 35.5. The second kappa shape index (κ2) is 8.55. The molecule has 1 N–H and O–H groups in total.